The molecule has 0 aliphatic rings. The molecule has 1 aromatic carbocycles. The van der Waals surface area contributed by atoms with Gasteiger partial charge in [-0.3, -0.25) is 4.79 Å². The Labute approximate surface area is 165 Å². The molecule has 0 saturated carbocycles. The monoisotopic (exact) mass is 429 g/mol. The van der Waals surface area contributed by atoms with Gasteiger partial charge in [0.1, 0.15) is 6.61 Å². The van der Waals surface area contributed by atoms with Gasteiger partial charge in [-0.25, -0.2) is 13.8 Å². The van der Waals surface area contributed by atoms with Crippen molar-refractivity contribution in [3.8, 4) is 11.5 Å². The highest BCUT2D eigenvalue weighted by Gasteiger charge is 2.27. The number of hydrogen-bond acceptors (Lipinski definition) is 6. The Morgan fingerprint density at radius 2 is 2.08 bits per heavy atom. The van der Waals surface area contributed by atoms with Crippen LogP contribution >= 0.6 is 36.2 Å². The van der Waals surface area contributed by atoms with Gasteiger partial charge in [-0.2, -0.15) is 0 Å². The number of carbonyl (C=O) groups is 1. The summed E-state index contributed by atoms with van der Waals surface area (Å²) in [6.07, 6.45) is 0. The molecular weight excluding hydrogens is 411 g/mol. The lowest BCUT2D eigenvalue weighted by Gasteiger charge is -2.15. The molecule has 6 nitrogen and oxygen atoms in total. The first-order valence-electron chi connectivity index (χ1n) is 6.99. The number of amides is 1. The highest BCUT2D eigenvalue weighted by Crippen LogP contribution is 2.29. The number of ether oxygens (including phenoxy) is 2. The number of benzene rings is 1. The van der Waals surface area contributed by atoms with Crippen molar-refractivity contribution in [1.82, 2.24) is 10.3 Å². The van der Waals surface area contributed by atoms with Crippen LogP contribution in [0.4, 0.5) is 8.78 Å². The summed E-state index contributed by atoms with van der Waals surface area (Å²) in [5.74, 6) is -3.04. The summed E-state index contributed by atoms with van der Waals surface area (Å²) in [5.41, 5.74) is 7.58. The van der Waals surface area contributed by atoms with Gasteiger partial charge in [-0.1, -0.05) is 0 Å². The second-order valence-corrected chi connectivity index (χ2v) is 5.60. The lowest BCUT2D eigenvalue weighted by Crippen LogP contribution is -2.41. The molecule has 3 N–H and O–H groups in total. The second kappa shape index (κ2) is 11.1. The van der Waals surface area contributed by atoms with Crippen molar-refractivity contribution in [1.29, 1.82) is 0 Å². The van der Waals surface area contributed by atoms with E-state index in [0.717, 1.165) is 5.69 Å². The van der Waals surface area contributed by atoms with Crippen LogP contribution in [0, 0.1) is 0 Å². The Morgan fingerprint density at radius 1 is 1.35 bits per heavy atom. The average molecular weight is 430 g/mol. The van der Waals surface area contributed by atoms with Crippen LogP contribution in [0.5, 0.6) is 11.5 Å². The van der Waals surface area contributed by atoms with Gasteiger partial charge in [0.25, 0.3) is 11.8 Å². The van der Waals surface area contributed by atoms with Crippen LogP contribution in [0.2, 0.25) is 0 Å². The molecule has 1 aromatic heterocycles. The van der Waals surface area contributed by atoms with E-state index in [1.165, 1.54) is 30.6 Å². The summed E-state index contributed by atoms with van der Waals surface area (Å²) in [6.45, 7) is -1.40. The van der Waals surface area contributed by atoms with E-state index in [-0.39, 0.29) is 37.0 Å². The van der Waals surface area contributed by atoms with Crippen molar-refractivity contribution in [2.24, 2.45) is 5.73 Å². The Hall–Kier alpha value is -1.68. The number of alkyl halides is 2. The smallest absolute Gasteiger partial charge is 0.277 e. The number of thiazole rings is 1. The Kier molecular flexibility index (Phi) is 10.4. The zero-order valence-electron chi connectivity index (χ0n) is 13.7. The molecule has 2 aromatic rings. The fourth-order valence-corrected chi connectivity index (χ4v) is 2.32. The number of nitrogens with one attached hydrogen (secondary N) is 1. The number of rotatable bonds is 8. The van der Waals surface area contributed by atoms with Crippen molar-refractivity contribution in [3.63, 3.8) is 0 Å². The molecular formula is C15H19Cl2F2N3O3S. The van der Waals surface area contributed by atoms with Gasteiger partial charge in [0.15, 0.2) is 11.5 Å². The van der Waals surface area contributed by atoms with Gasteiger partial charge < -0.3 is 20.5 Å². The quantitative estimate of drug-likeness (QED) is 0.673. The lowest BCUT2D eigenvalue weighted by molar-refractivity contribution is 0.0118. The fraction of sp³-hybridized carbons (Fsp3) is 0.333. The molecule has 26 heavy (non-hydrogen) atoms. The molecule has 0 aliphatic carbocycles. The summed E-state index contributed by atoms with van der Waals surface area (Å²) in [7, 11) is 1.43. The number of carbonyl (C=O) groups excluding carboxylic acids is 1. The Balaban J connectivity index is 0.00000312. The normalized spacial score (nSPS) is 10.3. The van der Waals surface area contributed by atoms with E-state index in [2.05, 4.69) is 10.3 Å². The second-order valence-electron chi connectivity index (χ2n) is 4.88. The maximum absolute atomic E-state index is 13.1. The Morgan fingerprint density at radius 3 is 2.65 bits per heavy atom. The predicted octanol–water partition coefficient (Wildman–Crippen LogP) is 2.90. The molecule has 0 atom stereocenters. The number of nitrogens with zero attached hydrogens (tertiary/aromatic N) is 1. The van der Waals surface area contributed by atoms with Crippen molar-refractivity contribution in [2.45, 2.75) is 12.5 Å². The molecule has 2 rings (SSSR count). The molecule has 146 valence electrons. The van der Waals surface area contributed by atoms with Crippen LogP contribution in [-0.2, 0) is 6.61 Å². The molecule has 0 radical (unpaired) electrons. The van der Waals surface area contributed by atoms with Crippen molar-refractivity contribution in [3.05, 3.63) is 40.3 Å². The van der Waals surface area contributed by atoms with Crippen molar-refractivity contribution < 1.29 is 23.0 Å². The van der Waals surface area contributed by atoms with E-state index in [4.69, 9.17) is 15.2 Å². The number of halogens is 4. The molecule has 0 fully saturated rings. The highest BCUT2D eigenvalue weighted by atomic mass is 35.5. The maximum Gasteiger partial charge on any atom is 0.277 e. The highest BCUT2D eigenvalue weighted by molar-refractivity contribution is 7.07. The van der Waals surface area contributed by atoms with Gasteiger partial charge in [0.05, 0.1) is 31.4 Å². The van der Waals surface area contributed by atoms with E-state index in [1.54, 1.807) is 11.6 Å². The molecule has 1 amide bonds. The summed E-state index contributed by atoms with van der Waals surface area (Å²) >= 11 is 1.45. The lowest BCUT2D eigenvalue weighted by atomic mass is 10.2. The summed E-state index contributed by atoms with van der Waals surface area (Å²) in [6, 6.07) is 4.43. The summed E-state index contributed by atoms with van der Waals surface area (Å²) in [5, 5.41) is 3.99. The van der Waals surface area contributed by atoms with E-state index in [9.17, 15) is 13.6 Å². The standard InChI is InChI=1S/C15H17F2N3O3S.2ClH/c1-22-13-4-10(14(21)19-8-15(16,17)7-18)2-3-12(13)23-5-11-6-24-9-20-11;;/h2-4,6,9H,5,7-8,18H2,1H3,(H,19,21);2*1H. The zero-order chi connectivity index (χ0) is 17.6. The van der Waals surface area contributed by atoms with Crippen LogP contribution < -0.4 is 20.5 Å². The van der Waals surface area contributed by atoms with Crippen LogP contribution in [0.1, 0.15) is 16.1 Å². The first kappa shape index (κ1) is 24.3. The van der Waals surface area contributed by atoms with Crippen molar-refractivity contribution >= 4 is 42.1 Å². The largest absolute Gasteiger partial charge is 0.493 e. The van der Waals surface area contributed by atoms with E-state index >= 15 is 0 Å². The minimum atomic E-state index is -3.14. The topological polar surface area (TPSA) is 86.5 Å². The van der Waals surface area contributed by atoms with Gasteiger partial charge in [0.2, 0.25) is 0 Å². The van der Waals surface area contributed by atoms with E-state index in [0.29, 0.717) is 11.5 Å². The molecule has 0 saturated heterocycles. The summed E-state index contributed by atoms with van der Waals surface area (Å²) < 4.78 is 36.9. The van der Waals surface area contributed by atoms with E-state index in [1.807, 2.05) is 5.38 Å². The van der Waals surface area contributed by atoms with Crippen molar-refractivity contribution in [2.75, 3.05) is 20.2 Å². The first-order chi connectivity index (χ1) is 11.4. The van der Waals surface area contributed by atoms with Crippen LogP contribution in [-0.4, -0.2) is 37.0 Å². The fourth-order valence-electron chi connectivity index (χ4n) is 1.77. The maximum atomic E-state index is 13.1. The third-order valence-electron chi connectivity index (χ3n) is 3.09. The predicted molar refractivity (Wildman–Crippen MR) is 100 cm³/mol. The first-order valence-corrected chi connectivity index (χ1v) is 7.93. The van der Waals surface area contributed by atoms with Crippen LogP contribution in [0.25, 0.3) is 0 Å². The molecule has 0 aliphatic heterocycles. The average Bonchev–Trinajstić information content (AvgIpc) is 3.11. The molecule has 1 heterocycles. The number of nitrogens with two attached hydrogens (primary N) is 1. The third kappa shape index (κ3) is 6.91. The summed E-state index contributed by atoms with van der Waals surface area (Å²) in [4.78, 5) is 16.0. The molecule has 0 unspecified atom stereocenters. The number of hydrogen-bond donors (Lipinski definition) is 2. The molecule has 0 bridgehead atoms. The number of methoxy groups -OCH3 is 1. The van der Waals surface area contributed by atoms with Crippen LogP contribution in [0.3, 0.4) is 0 Å². The zero-order valence-corrected chi connectivity index (χ0v) is 16.2. The molecule has 11 heteroatoms. The van der Waals surface area contributed by atoms with Gasteiger partial charge in [-0.05, 0) is 18.2 Å². The van der Waals surface area contributed by atoms with Crippen LogP contribution in [0.15, 0.2) is 29.1 Å². The van der Waals surface area contributed by atoms with Gasteiger partial charge in [0, 0.05) is 10.9 Å². The minimum absolute atomic E-state index is 0. The minimum Gasteiger partial charge on any atom is -0.493 e. The number of aromatic nitrogens is 1. The molecule has 0 spiro atoms. The van der Waals surface area contributed by atoms with Gasteiger partial charge in [-0.15, -0.1) is 36.2 Å². The third-order valence-corrected chi connectivity index (χ3v) is 3.73. The van der Waals surface area contributed by atoms with E-state index < -0.39 is 24.9 Å². The van der Waals surface area contributed by atoms with Gasteiger partial charge >= 0.3 is 0 Å². The Bertz CT molecular complexity index is 691. The SMILES string of the molecule is COc1cc(C(=O)NCC(F)(F)CN)ccc1OCc1cscn1.Cl.Cl.